The van der Waals surface area contributed by atoms with Gasteiger partial charge in [-0.3, -0.25) is 9.69 Å². The molecule has 0 aromatic carbocycles. The molecule has 0 bridgehead atoms. The Labute approximate surface area is 162 Å². The second-order valence-electron chi connectivity index (χ2n) is 7.74. The van der Waals surface area contributed by atoms with E-state index >= 15 is 0 Å². The third-order valence-electron chi connectivity index (χ3n) is 4.97. The molecule has 2 aliphatic rings. The van der Waals surface area contributed by atoms with Crippen LogP contribution in [0.25, 0.3) is 0 Å². The van der Waals surface area contributed by atoms with Gasteiger partial charge in [-0.15, -0.1) is 0 Å². The van der Waals surface area contributed by atoms with Crippen LogP contribution in [-0.2, 0) is 9.53 Å². The van der Waals surface area contributed by atoms with Gasteiger partial charge >= 0.3 is 6.09 Å². The molecule has 0 aromatic rings. The van der Waals surface area contributed by atoms with Gasteiger partial charge in [0.1, 0.15) is 0 Å². The maximum atomic E-state index is 12.6. The van der Waals surface area contributed by atoms with Crippen molar-refractivity contribution in [3.63, 3.8) is 0 Å². The predicted octanol–water partition coefficient (Wildman–Crippen LogP) is 3.78. The van der Waals surface area contributed by atoms with Crippen LogP contribution in [0.2, 0.25) is 0 Å². The number of carbonyl (C=O) groups is 2. The molecule has 1 N–H and O–H groups in total. The minimum atomic E-state index is -0.385. The Kier molecular flexibility index (Phi) is 7.51. The van der Waals surface area contributed by atoms with Crippen LogP contribution < -0.4 is 5.32 Å². The highest BCUT2D eigenvalue weighted by atomic mass is 16.5. The summed E-state index contributed by atoms with van der Waals surface area (Å²) in [5.41, 5.74) is 0.903. The SMILES string of the molecule is CCCC(C)(C)NC(=O)C1CCN(C2=CC=CN(C(=O)OCC)C=C2)CC1. The molecule has 150 valence electrons. The number of nitrogens with zero attached hydrogens (tertiary/aromatic N) is 2. The zero-order valence-electron chi connectivity index (χ0n) is 17.0. The van der Waals surface area contributed by atoms with Gasteiger partial charge in [0.25, 0.3) is 0 Å². The molecule has 6 nitrogen and oxygen atoms in total. The molecular weight excluding hydrogens is 342 g/mol. The lowest BCUT2D eigenvalue weighted by Crippen LogP contribution is -2.48. The van der Waals surface area contributed by atoms with Gasteiger partial charge in [0.05, 0.1) is 6.61 Å². The number of hydrogen-bond donors (Lipinski definition) is 1. The first-order valence-corrected chi connectivity index (χ1v) is 9.95. The molecule has 27 heavy (non-hydrogen) atoms. The van der Waals surface area contributed by atoms with Gasteiger partial charge in [-0.1, -0.05) is 13.3 Å². The van der Waals surface area contributed by atoms with E-state index < -0.39 is 0 Å². The van der Waals surface area contributed by atoms with Gasteiger partial charge in [-0.25, -0.2) is 4.79 Å². The van der Waals surface area contributed by atoms with Gasteiger partial charge in [-0.05, 0) is 58.3 Å². The summed E-state index contributed by atoms with van der Waals surface area (Å²) in [6.45, 7) is 10.1. The highest BCUT2D eigenvalue weighted by molar-refractivity contribution is 5.79. The molecule has 1 fully saturated rings. The van der Waals surface area contributed by atoms with E-state index in [4.69, 9.17) is 4.74 Å². The van der Waals surface area contributed by atoms with Crippen molar-refractivity contribution in [1.82, 2.24) is 15.1 Å². The number of ether oxygens (including phenoxy) is 1. The number of allylic oxidation sites excluding steroid dienone is 3. The monoisotopic (exact) mass is 375 g/mol. The highest BCUT2D eigenvalue weighted by Crippen LogP contribution is 2.23. The van der Waals surface area contributed by atoms with Crippen LogP contribution in [0.4, 0.5) is 4.79 Å². The highest BCUT2D eigenvalue weighted by Gasteiger charge is 2.29. The van der Waals surface area contributed by atoms with Crippen molar-refractivity contribution in [3.05, 3.63) is 36.3 Å². The van der Waals surface area contributed by atoms with Crippen LogP contribution >= 0.6 is 0 Å². The number of likely N-dealkylation sites (tertiary alicyclic amines) is 1. The summed E-state index contributed by atoms with van der Waals surface area (Å²) in [6.07, 6.45) is 12.5. The molecule has 0 saturated carbocycles. The third-order valence-corrected chi connectivity index (χ3v) is 4.97. The van der Waals surface area contributed by atoms with E-state index in [2.05, 4.69) is 31.0 Å². The number of hydrogen-bond acceptors (Lipinski definition) is 4. The van der Waals surface area contributed by atoms with E-state index in [0.29, 0.717) is 6.61 Å². The van der Waals surface area contributed by atoms with Crippen molar-refractivity contribution >= 4 is 12.0 Å². The van der Waals surface area contributed by atoms with Gasteiger partial charge in [0.2, 0.25) is 5.91 Å². The van der Waals surface area contributed by atoms with Gasteiger partial charge < -0.3 is 15.0 Å². The van der Waals surface area contributed by atoms with Crippen molar-refractivity contribution in [2.75, 3.05) is 19.7 Å². The van der Waals surface area contributed by atoms with Crippen molar-refractivity contribution in [2.24, 2.45) is 5.92 Å². The molecule has 1 saturated heterocycles. The third kappa shape index (κ3) is 6.15. The summed E-state index contributed by atoms with van der Waals surface area (Å²) in [5.74, 6) is 0.242. The van der Waals surface area contributed by atoms with Crippen LogP contribution in [0.1, 0.15) is 53.4 Å². The fourth-order valence-corrected chi connectivity index (χ4v) is 3.55. The number of amides is 2. The van der Waals surface area contributed by atoms with E-state index in [1.54, 1.807) is 19.3 Å². The zero-order chi connectivity index (χ0) is 19.9. The topological polar surface area (TPSA) is 61.9 Å². The average Bonchev–Trinajstić information content (AvgIpc) is 2.88. The molecule has 2 aliphatic heterocycles. The van der Waals surface area contributed by atoms with Crippen LogP contribution in [0.3, 0.4) is 0 Å². The van der Waals surface area contributed by atoms with Crippen LogP contribution in [0.15, 0.2) is 36.3 Å². The Morgan fingerprint density at radius 1 is 1.22 bits per heavy atom. The fraction of sp³-hybridized carbons (Fsp3) is 0.619. The number of rotatable bonds is 6. The van der Waals surface area contributed by atoms with Crippen molar-refractivity contribution < 1.29 is 14.3 Å². The Morgan fingerprint density at radius 3 is 2.56 bits per heavy atom. The Morgan fingerprint density at radius 2 is 1.93 bits per heavy atom. The number of nitrogens with one attached hydrogen (secondary N) is 1. The van der Waals surface area contributed by atoms with Gasteiger partial charge in [0.15, 0.2) is 0 Å². The summed E-state index contributed by atoms with van der Waals surface area (Å²) >= 11 is 0. The Hall–Kier alpha value is -2.24. The summed E-state index contributed by atoms with van der Waals surface area (Å²) in [4.78, 5) is 28.1. The molecule has 2 amide bonds. The number of carbonyl (C=O) groups excluding carboxylic acids is 2. The van der Waals surface area contributed by atoms with E-state index in [9.17, 15) is 9.59 Å². The molecule has 0 atom stereocenters. The summed E-state index contributed by atoms with van der Waals surface area (Å²) in [7, 11) is 0. The van der Waals surface area contributed by atoms with E-state index in [1.165, 1.54) is 4.90 Å². The maximum Gasteiger partial charge on any atom is 0.417 e. The first kappa shape index (κ1) is 21.1. The van der Waals surface area contributed by atoms with Crippen LogP contribution in [0.5, 0.6) is 0 Å². The lowest BCUT2D eigenvalue weighted by atomic mass is 9.92. The first-order chi connectivity index (χ1) is 12.9. The quantitative estimate of drug-likeness (QED) is 0.767. The Balaban J connectivity index is 1.88. The molecule has 2 heterocycles. The second-order valence-corrected chi connectivity index (χ2v) is 7.74. The minimum Gasteiger partial charge on any atom is -0.449 e. The van der Waals surface area contributed by atoms with Crippen molar-refractivity contribution in [1.29, 1.82) is 0 Å². The molecule has 0 aromatic heterocycles. The summed E-state index contributed by atoms with van der Waals surface area (Å²) in [5, 5.41) is 3.21. The minimum absolute atomic E-state index is 0.0688. The maximum absolute atomic E-state index is 12.6. The van der Waals surface area contributed by atoms with Gasteiger partial charge in [-0.2, -0.15) is 0 Å². The fourth-order valence-electron chi connectivity index (χ4n) is 3.55. The number of piperidine rings is 1. The zero-order valence-corrected chi connectivity index (χ0v) is 17.0. The molecule has 0 unspecified atom stereocenters. The molecule has 6 heteroatoms. The van der Waals surface area contributed by atoms with Crippen LogP contribution in [0, 0.1) is 5.92 Å². The lowest BCUT2D eigenvalue weighted by Gasteiger charge is -2.35. The normalized spacial score (nSPS) is 18.1. The standard InChI is InChI=1S/C21H33N3O3/c1-5-12-21(3,4)22-19(25)17-9-14-23(15-10-17)18-8-7-13-24(16-11-18)20(26)27-6-2/h7-8,11,13,16-17H,5-6,9-10,12,14-15H2,1-4H3,(H,22,25). The summed E-state index contributed by atoms with van der Waals surface area (Å²) < 4.78 is 5.02. The predicted molar refractivity (Wildman–Crippen MR) is 107 cm³/mol. The van der Waals surface area contributed by atoms with Crippen molar-refractivity contribution in [3.8, 4) is 0 Å². The molecule has 0 aliphatic carbocycles. The molecule has 0 radical (unpaired) electrons. The van der Waals surface area contributed by atoms with Crippen molar-refractivity contribution in [2.45, 2.75) is 58.9 Å². The van der Waals surface area contributed by atoms with E-state index in [-0.39, 0.29) is 23.5 Å². The molecule has 2 rings (SSSR count). The lowest BCUT2D eigenvalue weighted by molar-refractivity contribution is -0.128. The second kappa shape index (κ2) is 9.62. The molecular formula is C21H33N3O3. The first-order valence-electron chi connectivity index (χ1n) is 9.95. The van der Waals surface area contributed by atoms with Gasteiger partial charge in [0, 0.05) is 42.6 Å². The smallest absolute Gasteiger partial charge is 0.417 e. The summed E-state index contributed by atoms with van der Waals surface area (Å²) in [6, 6.07) is 0. The van der Waals surface area contributed by atoms with E-state index in [0.717, 1.165) is 44.5 Å². The van der Waals surface area contributed by atoms with E-state index in [1.807, 2.05) is 18.2 Å². The Bertz CT molecular complexity index is 614. The largest absolute Gasteiger partial charge is 0.449 e. The van der Waals surface area contributed by atoms with Crippen LogP contribution in [-0.4, -0.2) is 47.0 Å². The average molecular weight is 376 g/mol. The molecule has 0 spiro atoms.